The lowest BCUT2D eigenvalue weighted by Crippen LogP contribution is -2.44. The van der Waals surface area contributed by atoms with Crippen LogP contribution < -0.4 is 5.32 Å². The molecule has 1 amide bonds. The van der Waals surface area contributed by atoms with Crippen LogP contribution in [0.1, 0.15) is 32.4 Å². The summed E-state index contributed by atoms with van der Waals surface area (Å²) in [6.07, 6.45) is 8.93. The van der Waals surface area contributed by atoms with E-state index in [9.17, 15) is 13.6 Å². The van der Waals surface area contributed by atoms with Crippen molar-refractivity contribution in [2.45, 2.75) is 50.6 Å². The third kappa shape index (κ3) is 5.51. The van der Waals surface area contributed by atoms with Gasteiger partial charge in [-0.2, -0.15) is 24.2 Å². The molecule has 10 heteroatoms. The third-order valence-corrected chi connectivity index (χ3v) is 5.82. The molecular weight excluding hydrogens is 452 g/mol. The number of aromatic nitrogens is 5. The molecule has 0 spiro atoms. The highest BCUT2D eigenvalue weighted by Gasteiger charge is 2.46. The van der Waals surface area contributed by atoms with Gasteiger partial charge in [-0.05, 0) is 49.6 Å². The molecule has 1 saturated carbocycles. The Labute approximate surface area is 201 Å². The van der Waals surface area contributed by atoms with Crippen molar-refractivity contribution >= 4 is 16.8 Å². The van der Waals surface area contributed by atoms with Gasteiger partial charge in [0.25, 0.3) is 5.91 Å². The molecule has 1 aliphatic carbocycles. The maximum absolute atomic E-state index is 12.9. The molecule has 0 saturated heterocycles. The lowest BCUT2D eigenvalue weighted by Gasteiger charge is -2.17. The molecule has 0 bridgehead atoms. The minimum absolute atomic E-state index is 0.221. The molecule has 0 radical (unpaired) electrons. The van der Waals surface area contributed by atoms with Crippen molar-refractivity contribution in [1.29, 1.82) is 5.26 Å². The molecule has 1 unspecified atom stereocenters. The molecule has 5 rings (SSSR count). The zero-order valence-corrected chi connectivity index (χ0v) is 19.4. The van der Waals surface area contributed by atoms with Crippen molar-refractivity contribution < 1.29 is 13.6 Å². The summed E-state index contributed by atoms with van der Waals surface area (Å²) in [5.41, 5.74) is 3.55. The lowest BCUT2D eigenvalue weighted by atomic mass is 10.0. The van der Waals surface area contributed by atoms with Gasteiger partial charge in [-0.3, -0.25) is 19.6 Å². The van der Waals surface area contributed by atoms with Crippen LogP contribution in [0.5, 0.6) is 0 Å². The van der Waals surface area contributed by atoms with E-state index in [0.717, 1.165) is 40.6 Å². The van der Waals surface area contributed by atoms with Crippen molar-refractivity contribution in [2.24, 2.45) is 0 Å². The number of nitriles is 1. The highest BCUT2D eigenvalue weighted by molar-refractivity contribution is 5.84. The SMILES string of the molecule is CC(Cn1ncc2cc(-c3cn[nH]c3)ccc21)NC(=O)C(C)(F)F.N#CC1(c2ccccn2)CC1. The largest absolute Gasteiger partial charge is 0.347 e. The van der Waals surface area contributed by atoms with Crippen LogP contribution in [-0.4, -0.2) is 42.8 Å². The van der Waals surface area contributed by atoms with Crippen molar-refractivity contribution in [3.63, 3.8) is 0 Å². The molecule has 3 aromatic heterocycles. The fourth-order valence-electron chi connectivity index (χ4n) is 3.67. The number of fused-ring (bicyclic) bond motifs is 1. The highest BCUT2D eigenvalue weighted by Crippen LogP contribution is 2.46. The fraction of sp³-hybridized carbons (Fsp3) is 0.320. The van der Waals surface area contributed by atoms with Crippen LogP contribution in [-0.2, 0) is 16.8 Å². The molecule has 1 fully saturated rings. The summed E-state index contributed by atoms with van der Waals surface area (Å²) in [4.78, 5) is 15.5. The second-order valence-electron chi connectivity index (χ2n) is 8.76. The molecule has 3 heterocycles. The van der Waals surface area contributed by atoms with Crippen LogP contribution >= 0.6 is 0 Å². The summed E-state index contributed by atoms with van der Waals surface area (Å²) in [7, 11) is 0. The average molecular weight is 478 g/mol. The second-order valence-corrected chi connectivity index (χ2v) is 8.76. The molecular formula is C25H25F2N7O. The first-order valence-corrected chi connectivity index (χ1v) is 11.2. The first kappa shape index (κ1) is 24.0. The van der Waals surface area contributed by atoms with Gasteiger partial charge in [-0.15, -0.1) is 0 Å². The van der Waals surface area contributed by atoms with Crippen LogP contribution in [0.4, 0.5) is 8.78 Å². The Morgan fingerprint density at radius 1 is 1.29 bits per heavy atom. The van der Waals surface area contributed by atoms with E-state index in [1.54, 1.807) is 36.4 Å². The summed E-state index contributed by atoms with van der Waals surface area (Å²) in [6.45, 7) is 2.54. The van der Waals surface area contributed by atoms with Crippen LogP contribution in [0.15, 0.2) is 61.2 Å². The number of benzene rings is 1. The van der Waals surface area contributed by atoms with E-state index in [2.05, 4.69) is 31.7 Å². The zero-order valence-electron chi connectivity index (χ0n) is 19.4. The van der Waals surface area contributed by atoms with Gasteiger partial charge >= 0.3 is 5.92 Å². The standard InChI is InChI=1S/C16H17F2N5O.C9H8N2/c1-10(22-15(24)16(2,17)18)9-23-14-4-3-11(5-12(14)8-21-23)13-6-19-20-7-13;10-7-9(4-5-9)8-3-1-2-6-11-8/h3-8,10H,9H2,1-2H3,(H,19,20)(H,22,24);1-3,6H,4-5H2. The van der Waals surface area contributed by atoms with E-state index in [1.165, 1.54) is 0 Å². The topological polar surface area (TPSA) is 112 Å². The Kier molecular flexibility index (Phi) is 6.60. The van der Waals surface area contributed by atoms with Gasteiger partial charge in [-0.25, -0.2) is 0 Å². The van der Waals surface area contributed by atoms with E-state index < -0.39 is 17.9 Å². The van der Waals surface area contributed by atoms with Crippen molar-refractivity contribution in [2.75, 3.05) is 0 Å². The second kappa shape index (κ2) is 9.62. The zero-order chi connectivity index (χ0) is 25.1. The average Bonchev–Trinajstić information content (AvgIpc) is 3.25. The van der Waals surface area contributed by atoms with Crippen molar-refractivity contribution in [3.8, 4) is 17.2 Å². The number of alkyl halides is 2. The van der Waals surface area contributed by atoms with Gasteiger partial charge in [-0.1, -0.05) is 12.1 Å². The van der Waals surface area contributed by atoms with Crippen molar-refractivity contribution in [3.05, 3.63) is 66.9 Å². The Bertz CT molecular complexity index is 1330. The first-order chi connectivity index (χ1) is 16.7. The lowest BCUT2D eigenvalue weighted by molar-refractivity contribution is -0.143. The number of nitrogens with one attached hydrogen (secondary N) is 2. The van der Waals surface area contributed by atoms with Crippen LogP contribution in [0.2, 0.25) is 0 Å². The van der Waals surface area contributed by atoms with Gasteiger partial charge in [0.1, 0.15) is 0 Å². The number of halogens is 2. The van der Waals surface area contributed by atoms with E-state index >= 15 is 0 Å². The molecule has 1 atom stereocenters. The number of rotatable bonds is 6. The summed E-state index contributed by atoms with van der Waals surface area (Å²) in [5.74, 6) is -4.67. The number of aromatic amines is 1. The van der Waals surface area contributed by atoms with Gasteiger partial charge in [0, 0.05) is 36.3 Å². The molecule has 2 N–H and O–H groups in total. The number of hydrogen-bond acceptors (Lipinski definition) is 5. The monoisotopic (exact) mass is 477 g/mol. The quantitative estimate of drug-likeness (QED) is 0.432. The Hall–Kier alpha value is -4.13. The minimum Gasteiger partial charge on any atom is -0.347 e. The van der Waals surface area contributed by atoms with Crippen LogP contribution in [0.25, 0.3) is 22.0 Å². The first-order valence-electron chi connectivity index (χ1n) is 11.2. The Balaban J connectivity index is 0.000000218. The number of carbonyl (C=O) groups is 1. The normalized spacial score (nSPS) is 14.9. The Morgan fingerprint density at radius 2 is 2.09 bits per heavy atom. The van der Waals surface area contributed by atoms with Gasteiger partial charge in [0.2, 0.25) is 0 Å². The number of hydrogen-bond donors (Lipinski definition) is 2. The van der Waals surface area contributed by atoms with Gasteiger partial charge in [0.05, 0.1) is 41.6 Å². The molecule has 4 aromatic rings. The predicted octanol–water partition coefficient (Wildman–Crippen LogP) is 4.22. The number of pyridine rings is 1. The third-order valence-electron chi connectivity index (χ3n) is 5.82. The van der Waals surface area contributed by atoms with Crippen LogP contribution in [0, 0.1) is 11.3 Å². The molecule has 1 aliphatic rings. The minimum atomic E-state index is -3.39. The van der Waals surface area contributed by atoms with Gasteiger partial charge in [0.15, 0.2) is 0 Å². The molecule has 8 nitrogen and oxygen atoms in total. The smallest absolute Gasteiger partial charge is 0.321 e. The maximum Gasteiger partial charge on any atom is 0.321 e. The maximum atomic E-state index is 12.9. The molecule has 35 heavy (non-hydrogen) atoms. The predicted molar refractivity (Wildman–Crippen MR) is 126 cm³/mol. The summed E-state index contributed by atoms with van der Waals surface area (Å²) in [5, 5.41) is 23.0. The van der Waals surface area contributed by atoms with Crippen molar-refractivity contribution in [1.82, 2.24) is 30.3 Å². The number of nitrogens with zero attached hydrogens (tertiary/aromatic N) is 5. The van der Waals surface area contributed by atoms with E-state index in [0.29, 0.717) is 13.5 Å². The Morgan fingerprint density at radius 3 is 2.69 bits per heavy atom. The molecule has 180 valence electrons. The fourth-order valence-corrected chi connectivity index (χ4v) is 3.67. The molecule has 1 aromatic carbocycles. The number of amides is 1. The number of H-pyrrole nitrogens is 1. The van der Waals surface area contributed by atoms with E-state index in [-0.39, 0.29) is 5.41 Å². The summed E-state index contributed by atoms with van der Waals surface area (Å²) in [6, 6.07) is 13.4. The van der Waals surface area contributed by atoms with Gasteiger partial charge < -0.3 is 5.32 Å². The molecule has 0 aliphatic heterocycles. The summed E-state index contributed by atoms with van der Waals surface area (Å²) >= 11 is 0. The van der Waals surface area contributed by atoms with E-state index in [4.69, 9.17) is 5.26 Å². The van der Waals surface area contributed by atoms with Crippen LogP contribution in [0.3, 0.4) is 0 Å². The summed E-state index contributed by atoms with van der Waals surface area (Å²) < 4.78 is 27.6. The highest BCUT2D eigenvalue weighted by atomic mass is 19.3. The van der Waals surface area contributed by atoms with E-state index in [1.807, 2.05) is 36.4 Å². The number of carbonyl (C=O) groups excluding carboxylic acids is 1.